The van der Waals surface area contributed by atoms with E-state index in [9.17, 15) is 9.90 Å². The zero-order valence-electron chi connectivity index (χ0n) is 7.45. The number of esters is 1. The van der Waals surface area contributed by atoms with Crippen LogP contribution in [-0.4, -0.2) is 23.8 Å². The van der Waals surface area contributed by atoms with Gasteiger partial charge in [0.2, 0.25) is 0 Å². The Morgan fingerprint density at radius 1 is 1.58 bits per heavy atom. The lowest BCUT2D eigenvalue weighted by atomic mass is 10.1. The molecule has 3 heteroatoms. The van der Waals surface area contributed by atoms with Crippen LogP contribution in [0.15, 0.2) is 0 Å². The van der Waals surface area contributed by atoms with Crippen LogP contribution in [-0.2, 0) is 9.53 Å². The molecule has 1 aliphatic rings. The van der Waals surface area contributed by atoms with Gasteiger partial charge in [0.1, 0.15) is 0 Å². The fraction of sp³-hybridized carbons (Fsp3) is 0.889. The highest BCUT2D eigenvalue weighted by Gasteiger charge is 2.32. The first-order valence-corrected chi connectivity index (χ1v) is 4.60. The van der Waals surface area contributed by atoms with Crippen LogP contribution in [0.3, 0.4) is 0 Å². The largest absolute Gasteiger partial charge is 0.465 e. The summed E-state index contributed by atoms with van der Waals surface area (Å²) in [5, 5.41) is 9.36. The second kappa shape index (κ2) is 4.45. The van der Waals surface area contributed by atoms with Crippen LogP contribution in [0.4, 0.5) is 0 Å². The molecule has 0 spiro atoms. The second-order valence-electron chi connectivity index (χ2n) is 3.27. The van der Waals surface area contributed by atoms with Crippen LogP contribution in [0.1, 0.15) is 32.6 Å². The topological polar surface area (TPSA) is 46.5 Å². The molecule has 2 unspecified atom stereocenters. The summed E-state index contributed by atoms with van der Waals surface area (Å²) in [4.78, 5) is 11.2. The van der Waals surface area contributed by atoms with Crippen molar-refractivity contribution in [1.29, 1.82) is 0 Å². The van der Waals surface area contributed by atoms with E-state index >= 15 is 0 Å². The molecule has 0 radical (unpaired) electrons. The number of rotatable bonds is 3. The summed E-state index contributed by atoms with van der Waals surface area (Å²) in [6.07, 6.45) is 2.84. The number of carbonyl (C=O) groups is 1. The van der Waals surface area contributed by atoms with Gasteiger partial charge in [-0.15, -0.1) is 0 Å². The highest BCUT2D eigenvalue weighted by molar-refractivity contribution is 5.73. The number of ether oxygens (including phenoxy) is 1. The van der Waals surface area contributed by atoms with Crippen molar-refractivity contribution >= 4 is 5.97 Å². The minimum atomic E-state index is -0.464. The van der Waals surface area contributed by atoms with Gasteiger partial charge in [0.25, 0.3) is 0 Å². The van der Waals surface area contributed by atoms with Gasteiger partial charge in [-0.05, 0) is 25.7 Å². The summed E-state index contributed by atoms with van der Waals surface area (Å²) in [5.41, 5.74) is 0. The molecular formula is C9H16O3. The third kappa shape index (κ3) is 2.21. The average molecular weight is 172 g/mol. The third-order valence-corrected chi connectivity index (χ3v) is 2.23. The first-order valence-electron chi connectivity index (χ1n) is 4.60. The van der Waals surface area contributed by atoms with E-state index in [0.29, 0.717) is 6.61 Å². The number of carbonyl (C=O) groups excluding carboxylic acids is 1. The minimum absolute atomic E-state index is 0.221. The van der Waals surface area contributed by atoms with Crippen LogP contribution < -0.4 is 0 Å². The summed E-state index contributed by atoms with van der Waals surface area (Å²) in [6.45, 7) is 2.43. The van der Waals surface area contributed by atoms with E-state index in [-0.39, 0.29) is 11.9 Å². The summed E-state index contributed by atoms with van der Waals surface area (Å²) in [6, 6.07) is 0. The molecule has 1 aliphatic carbocycles. The van der Waals surface area contributed by atoms with Crippen molar-refractivity contribution in [3.05, 3.63) is 0 Å². The van der Waals surface area contributed by atoms with Gasteiger partial charge in [-0.2, -0.15) is 0 Å². The Morgan fingerprint density at radius 3 is 2.83 bits per heavy atom. The van der Waals surface area contributed by atoms with Gasteiger partial charge in [-0.1, -0.05) is 6.92 Å². The highest BCUT2D eigenvalue weighted by Crippen LogP contribution is 2.26. The quantitative estimate of drug-likeness (QED) is 0.648. The van der Waals surface area contributed by atoms with Crippen molar-refractivity contribution in [2.75, 3.05) is 6.61 Å². The van der Waals surface area contributed by atoms with E-state index < -0.39 is 6.10 Å². The van der Waals surface area contributed by atoms with Crippen molar-refractivity contribution in [3.63, 3.8) is 0 Å². The van der Waals surface area contributed by atoms with E-state index in [1.54, 1.807) is 0 Å². The van der Waals surface area contributed by atoms with Crippen LogP contribution in [0.25, 0.3) is 0 Å². The van der Waals surface area contributed by atoms with E-state index in [0.717, 1.165) is 25.7 Å². The fourth-order valence-electron chi connectivity index (χ4n) is 1.53. The predicted molar refractivity (Wildman–Crippen MR) is 44.6 cm³/mol. The van der Waals surface area contributed by atoms with Crippen molar-refractivity contribution in [2.45, 2.75) is 38.7 Å². The summed E-state index contributed by atoms with van der Waals surface area (Å²) in [7, 11) is 0. The molecule has 0 bridgehead atoms. The molecule has 0 amide bonds. The van der Waals surface area contributed by atoms with Gasteiger partial charge in [0.15, 0.2) is 0 Å². The van der Waals surface area contributed by atoms with Crippen LogP contribution in [0.5, 0.6) is 0 Å². The zero-order chi connectivity index (χ0) is 8.97. The van der Waals surface area contributed by atoms with Gasteiger partial charge in [0, 0.05) is 0 Å². The monoisotopic (exact) mass is 172 g/mol. The lowest BCUT2D eigenvalue weighted by molar-refractivity contribution is -0.151. The van der Waals surface area contributed by atoms with E-state index in [4.69, 9.17) is 4.74 Å². The maximum absolute atomic E-state index is 11.2. The van der Waals surface area contributed by atoms with Gasteiger partial charge in [-0.25, -0.2) is 0 Å². The maximum Gasteiger partial charge on any atom is 0.311 e. The van der Waals surface area contributed by atoms with Crippen LogP contribution in [0.2, 0.25) is 0 Å². The molecular weight excluding hydrogens is 156 g/mol. The Bertz CT molecular complexity index is 156. The lowest BCUT2D eigenvalue weighted by Gasteiger charge is -2.12. The third-order valence-electron chi connectivity index (χ3n) is 2.23. The maximum atomic E-state index is 11.2. The average Bonchev–Trinajstić information content (AvgIpc) is 2.47. The molecule has 1 N–H and O–H groups in total. The van der Waals surface area contributed by atoms with Crippen molar-refractivity contribution in [3.8, 4) is 0 Å². The molecule has 1 saturated carbocycles. The lowest BCUT2D eigenvalue weighted by Crippen LogP contribution is -2.25. The van der Waals surface area contributed by atoms with Gasteiger partial charge in [0.05, 0.1) is 18.6 Å². The van der Waals surface area contributed by atoms with Gasteiger partial charge >= 0.3 is 5.97 Å². The molecule has 70 valence electrons. The molecule has 0 aliphatic heterocycles. The van der Waals surface area contributed by atoms with Gasteiger partial charge in [-0.3, -0.25) is 4.79 Å². The number of hydrogen-bond acceptors (Lipinski definition) is 3. The molecule has 0 saturated heterocycles. The predicted octanol–water partition coefficient (Wildman–Crippen LogP) is 1.10. The Hall–Kier alpha value is -0.570. The minimum Gasteiger partial charge on any atom is -0.465 e. The number of hydrogen-bond donors (Lipinski definition) is 1. The first-order chi connectivity index (χ1) is 5.75. The summed E-state index contributed by atoms with van der Waals surface area (Å²) >= 11 is 0. The normalized spacial score (nSPS) is 28.8. The van der Waals surface area contributed by atoms with Crippen LogP contribution >= 0.6 is 0 Å². The van der Waals surface area contributed by atoms with Crippen molar-refractivity contribution in [2.24, 2.45) is 5.92 Å². The van der Waals surface area contributed by atoms with Gasteiger partial charge < -0.3 is 9.84 Å². The molecule has 3 nitrogen and oxygen atoms in total. The smallest absolute Gasteiger partial charge is 0.311 e. The fourth-order valence-corrected chi connectivity index (χ4v) is 1.53. The van der Waals surface area contributed by atoms with Crippen LogP contribution in [0, 0.1) is 5.92 Å². The highest BCUT2D eigenvalue weighted by atomic mass is 16.5. The zero-order valence-corrected chi connectivity index (χ0v) is 7.45. The Morgan fingerprint density at radius 2 is 2.33 bits per heavy atom. The standard InChI is InChI=1S/C9H16O3/c1-2-6-12-9(11)7-4-3-5-8(7)10/h7-8,10H,2-6H2,1H3. The molecule has 0 aromatic rings. The van der Waals surface area contributed by atoms with E-state index in [2.05, 4.69) is 0 Å². The first kappa shape index (κ1) is 9.52. The molecule has 0 aromatic heterocycles. The Balaban J connectivity index is 2.30. The molecule has 2 atom stereocenters. The summed E-state index contributed by atoms with van der Waals surface area (Å²) < 4.78 is 4.95. The van der Waals surface area contributed by atoms with Crippen molar-refractivity contribution < 1.29 is 14.6 Å². The molecule has 1 rings (SSSR count). The number of aliphatic hydroxyl groups excluding tert-OH is 1. The molecule has 0 aromatic carbocycles. The van der Waals surface area contributed by atoms with E-state index in [1.165, 1.54) is 0 Å². The Labute approximate surface area is 72.7 Å². The SMILES string of the molecule is CCCOC(=O)C1CCCC1O. The molecule has 1 fully saturated rings. The van der Waals surface area contributed by atoms with E-state index in [1.807, 2.05) is 6.92 Å². The second-order valence-corrected chi connectivity index (χ2v) is 3.27. The number of aliphatic hydroxyl groups is 1. The Kier molecular flexibility index (Phi) is 3.53. The molecule has 12 heavy (non-hydrogen) atoms. The summed E-state index contributed by atoms with van der Waals surface area (Å²) in [5.74, 6) is -0.474. The van der Waals surface area contributed by atoms with Crippen molar-refractivity contribution in [1.82, 2.24) is 0 Å². The molecule has 0 heterocycles.